The average Bonchev–Trinajstić information content (AvgIpc) is 3.00. The Bertz CT molecular complexity index is 916. The summed E-state index contributed by atoms with van der Waals surface area (Å²) in [4.78, 5) is 27.9. The number of nitrogens with one attached hydrogen (secondary N) is 1. The number of carbonyl (C=O) groups is 2. The Morgan fingerprint density at radius 2 is 2.00 bits per heavy atom. The monoisotopic (exact) mass is 315 g/mol. The predicted molar refractivity (Wildman–Crippen MR) is 76.2 cm³/mol. The van der Waals surface area contributed by atoms with Crippen LogP contribution < -0.4 is 10.1 Å². The molecule has 2 aromatic heterocycles. The van der Waals surface area contributed by atoms with Gasteiger partial charge in [-0.25, -0.2) is 0 Å². The van der Waals surface area contributed by atoms with Gasteiger partial charge >= 0.3 is 0 Å². The van der Waals surface area contributed by atoms with Crippen molar-refractivity contribution in [2.24, 2.45) is 4.99 Å². The van der Waals surface area contributed by atoms with Gasteiger partial charge in [0.1, 0.15) is 0 Å². The van der Waals surface area contributed by atoms with Crippen molar-refractivity contribution in [3.8, 4) is 0 Å². The Morgan fingerprint density at radius 1 is 1.23 bits per heavy atom. The Hall–Kier alpha value is -3.01. The average molecular weight is 315 g/mol. The van der Waals surface area contributed by atoms with Crippen LogP contribution in [0.5, 0.6) is 0 Å². The molecule has 0 saturated carbocycles. The molecule has 10 heteroatoms. The van der Waals surface area contributed by atoms with Gasteiger partial charge < -0.3 is 5.32 Å². The zero-order valence-electron chi connectivity index (χ0n) is 11.3. The van der Waals surface area contributed by atoms with Gasteiger partial charge in [0.25, 0.3) is 11.8 Å². The Labute approximate surface area is 127 Å². The van der Waals surface area contributed by atoms with E-state index in [2.05, 4.69) is 30.2 Å². The van der Waals surface area contributed by atoms with Gasteiger partial charge in [-0.3, -0.25) is 9.59 Å². The first-order valence-corrected chi connectivity index (χ1v) is 6.92. The number of carbonyl (C=O) groups excluding carboxylic acids is 2. The fourth-order valence-corrected chi connectivity index (χ4v) is 2.21. The Balaban J connectivity index is 2.12. The minimum atomic E-state index is -0.444. The van der Waals surface area contributed by atoms with Crippen molar-refractivity contribution >= 4 is 29.0 Å². The lowest BCUT2D eigenvalue weighted by Crippen LogP contribution is -2.20. The van der Waals surface area contributed by atoms with Gasteiger partial charge in [-0.15, -0.1) is 10.2 Å². The maximum Gasteiger partial charge on any atom is 0.279 e. The number of aromatic nitrogens is 5. The van der Waals surface area contributed by atoms with E-state index < -0.39 is 11.8 Å². The van der Waals surface area contributed by atoms with E-state index in [0.29, 0.717) is 5.56 Å². The van der Waals surface area contributed by atoms with Crippen molar-refractivity contribution < 1.29 is 9.59 Å². The quantitative estimate of drug-likeness (QED) is 0.693. The summed E-state index contributed by atoms with van der Waals surface area (Å²) in [6.45, 7) is 0. The third kappa shape index (κ3) is 2.46. The van der Waals surface area contributed by atoms with Gasteiger partial charge in [0.2, 0.25) is 10.4 Å². The van der Waals surface area contributed by atoms with Crippen LogP contribution in [0.3, 0.4) is 0 Å². The molecule has 2 amide bonds. The molecule has 0 saturated heterocycles. The SMILES string of the molecule is CNC(=O)c1nnn2c(=NC(=O)c3ccccc3)snnc12. The van der Waals surface area contributed by atoms with E-state index in [9.17, 15) is 9.59 Å². The topological polar surface area (TPSA) is 114 Å². The maximum absolute atomic E-state index is 12.1. The third-order valence-electron chi connectivity index (χ3n) is 2.75. The number of hydrogen-bond donors (Lipinski definition) is 1. The highest BCUT2D eigenvalue weighted by atomic mass is 32.1. The van der Waals surface area contributed by atoms with Crippen molar-refractivity contribution in [3.05, 3.63) is 46.4 Å². The maximum atomic E-state index is 12.1. The van der Waals surface area contributed by atoms with E-state index in [1.54, 1.807) is 30.3 Å². The van der Waals surface area contributed by atoms with E-state index in [-0.39, 0.29) is 16.1 Å². The summed E-state index contributed by atoms with van der Waals surface area (Å²) in [7, 11) is 1.47. The summed E-state index contributed by atoms with van der Waals surface area (Å²) in [6.07, 6.45) is 0. The summed E-state index contributed by atoms with van der Waals surface area (Å²) in [5, 5.41) is 13.8. The molecule has 0 aliphatic rings. The van der Waals surface area contributed by atoms with Crippen LogP contribution in [0.25, 0.3) is 5.65 Å². The first kappa shape index (κ1) is 13.9. The smallest absolute Gasteiger partial charge is 0.279 e. The van der Waals surface area contributed by atoms with Crippen LogP contribution in [0.1, 0.15) is 20.8 Å². The van der Waals surface area contributed by atoms with Gasteiger partial charge in [-0.05, 0) is 12.1 Å². The third-order valence-corrected chi connectivity index (χ3v) is 3.34. The first-order chi connectivity index (χ1) is 10.7. The molecule has 3 rings (SSSR count). The molecule has 0 aliphatic carbocycles. The molecule has 0 atom stereocenters. The largest absolute Gasteiger partial charge is 0.354 e. The van der Waals surface area contributed by atoms with Crippen molar-refractivity contribution in [1.82, 2.24) is 29.7 Å². The van der Waals surface area contributed by atoms with E-state index in [1.807, 2.05) is 0 Å². The number of rotatable bonds is 2. The highest BCUT2D eigenvalue weighted by Crippen LogP contribution is 2.02. The van der Waals surface area contributed by atoms with Crippen molar-refractivity contribution in [2.45, 2.75) is 0 Å². The van der Waals surface area contributed by atoms with Crippen LogP contribution in [0.4, 0.5) is 0 Å². The number of amides is 2. The summed E-state index contributed by atoms with van der Waals surface area (Å²) < 4.78 is 4.99. The second-order valence-electron chi connectivity index (χ2n) is 4.09. The first-order valence-electron chi connectivity index (χ1n) is 6.15. The van der Waals surface area contributed by atoms with E-state index in [0.717, 1.165) is 11.5 Å². The molecule has 1 N–H and O–H groups in total. The summed E-state index contributed by atoms with van der Waals surface area (Å²) >= 11 is 0.878. The lowest BCUT2D eigenvalue weighted by atomic mass is 10.2. The fourth-order valence-electron chi connectivity index (χ4n) is 1.69. The van der Waals surface area contributed by atoms with Crippen LogP contribution in [0, 0.1) is 0 Å². The number of benzene rings is 1. The highest BCUT2D eigenvalue weighted by Gasteiger charge is 2.16. The van der Waals surface area contributed by atoms with Crippen LogP contribution in [-0.2, 0) is 0 Å². The molecular weight excluding hydrogens is 306 g/mol. The van der Waals surface area contributed by atoms with Gasteiger partial charge in [0.15, 0.2) is 5.69 Å². The summed E-state index contributed by atoms with van der Waals surface area (Å²) in [6, 6.07) is 8.59. The molecule has 1 aromatic carbocycles. The number of hydrogen-bond acceptors (Lipinski definition) is 7. The van der Waals surface area contributed by atoms with Crippen molar-refractivity contribution in [2.75, 3.05) is 7.05 Å². The van der Waals surface area contributed by atoms with Crippen molar-refractivity contribution in [3.63, 3.8) is 0 Å². The minimum Gasteiger partial charge on any atom is -0.354 e. The molecule has 0 aliphatic heterocycles. The lowest BCUT2D eigenvalue weighted by molar-refractivity contribution is 0.0958. The standard InChI is InChI=1S/C12H9N7O2S/c1-13-11(21)8-9-16-18-22-12(19(9)17-15-8)14-10(20)7-5-3-2-4-6-7/h2-6H,1H3,(H,13,21). The zero-order chi connectivity index (χ0) is 15.5. The molecule has 3 aromatic rings. The van der Waals surface area contributed by atoms with Crippen LogP contribution in [0.2, 0.25) is 0 Å². The van der Waals surface area contributed by atoms with Crippen molar-refractivity contribution in [1.29, 1.82) is 0 Å². The molecule has 22 heavy (non-hydrogen) atoms. The summed E-state index contributed by atoms with van der Waals surface area (Å²) in [5.74, 6) is -0.885. The summed E-state index contributed by atoms with van der Waals surface area (Å²) in [5.41, 5.74) is 0.593. The molecule has 9 nitrogen and oxygen atoms in total. The molecule has 0 bridgehead atoms. The second-order valence-corrected chi connectivity index (χ2v) is 4.80. The number of fused-ring (bicyclic) bond motifs is 1. The lowest BCUT2D eigenvalue weighted by Gasteiger charge is -1.95. The second kappa shape index (κ2) is 5.77. The normalized spacial score (nSPS) is 11.6. The molecular formula is C12H9N7O2S. The molecule has 0 spiro atoms. The van der Waals surface area contributed by atoms with Gasteiger partial charge in [0.05, 0.1) is 0 Å². The van der Waals surface area contributed by atoms with Gasteiger partial charge in [-0.1, -0.05) is 27.9 Å². The Morgan fingerprint density at radius 3 is 2.73 bits per heavy atom. The molecule has 110 valence electrons. The molecule has 0 unspecified atom stereocenters. The van der Waals surface area contributed by atoms with Gasteiger partial charge in [0, 0.05) is 24.1 Å². The zero-order valence-corrected chi connectivity index (χ0v) is 12.1. The van der Waals surface area contributed by atoms with Crippen LogP contribution in [0.15, 0.2) is 35.3 Å². The molecule has 0 fully saturated rings. The van der Waals surface area contributed by atoms with Crippen LogP contribution in [-0.4, -0.2) is 43.3 Å². The molecule has 2 heterocycles. The molecule has 0 radical (unpaired) electrons. The fraction of sp³-hybridized carbons (Fsp3) is 0.0833. The van der Waals surface area contributed by atoms with E-state index in [4.69, 9.17) is 0 Å². The minimum absolute atomic E-state index is 0.0198. The van der Waals surface area contributed by atoms with Gasteiger partial charge in [-0.2, -0.15) is 9.51 Å². The predicted octanol–water partition coefficient (Wildman–Crippen LogP) is -0.318. The van der Waals surface area contributed by atoms with E-state index in [1.165, 1.54) is 11.6 Å². The van der Waals surface area contributed by atoms with E-state index >= 15 is 0 Å². The highest BCUT2D eigenvalue weighted by molar-refractivity contribution is 7.02. The Kier molecular flexibility index (Phi) is 3.66. The van der Waals surface area contributed by atoms with Crippen LogP contribution >= 0.6 is 11.5 Å². The number of nitrogens with zero attached hydrogens (tertiary/aromatic N) is 6.